The molecule has 6 heteroatoms. The molecule has 0 spiro atoms. The van der Waals surface area contributed by atoms with Crippen molar-refractivity contribution in [1.29, 1.82) is 5.26 Å². The fraction of sp³-hybridized carbons (Fsp3) is 0.200. The number of nitriles is 1. The highest BCUT2D eigenvalue weighted by atomic mass is 35.5. The molecule has 16 heavy (non-hydrogen) atoms. The molecule has 0 aromatic heterocycles. The van der Waals surface area contributed by atoms with Crippen LogP contribution < -0.4 is 5.73 Å². The second-order valence-electron chi connectivity index (χ2n) is 3.03. The van der Waals surface area contributed by atoms with E-state index >= 15 is 0 Å². The molecule has 0 aliphatic carbocycles. The summed E-state index contributed by atoms with van der Waals surface area (Å²) in [4.78, 5) is 11.6. The number of hydrogen-bond acceptors (Lipinski definition) is 4. The molecule has 1 rings (SSSR count). The number of rotatable bonds is 2. The van der Waals surface area contributed by atoms with E-state index in [1.807, 2.05) is 0 Å². The van der Waals surface area contributed by atoms with Gasteiger partial charge in [0.25, 0.3) is 0 Å². The number of hydrogen-bond donors (Lipinski definition) is 1. The van der Waals surface area contributed by atoms with Gasteiger partial charge in [-0.05, 0) is 19.1 Å². The smallest absolute Gasteiger partial charge is 0.341 e. The predicted octanol–water partition coefficient (Wildman–Crippen LogP) is 2.64. The molecule has 0 heterocycles. The Balaban J connectivity index is 3.05. The molecule has 4 nitrogen and oxygen atoms in total. The highest BCUT2D eigenvalue weighted by Gasteiger charge is 2.17. The lowest BCUT2D eigenvalue weighted by Gasteiger charge is -2.09. The van der Waals surface area contributed by atoms with Gasteiger partial charge in [-0.15, -0.1) is 0 Å². The van der Waals surface area contributed by atoms with Gasteiger partial charge in [0.05, 0.1) is 16.3 Å². The SMILES string of the molecule is CC(C#N)OC(=O)c1cc(Cl)cc(Cl)c1N. The Bertz CT molecular complexity index is 469. The molecule has 0 aliphatic heterocycles. The molecule has 0 saturated carbocycles. The Morgan fingerprint density at radius 1 is 1.56 bits per heavy atom. The summed E-state index contributed by atoms with van der Waals surface area (Å²) in [6, 6.07) is 4.53. The number of carbonyl (C=O) groups is 1. The van der Waals surface area contributed by atoms with Crippen LogP contribution in [0.2, 0.25) is 10.0 Å². The predicted molar refractivity (Wildman–Crippen MR) is 61.4 cm³/mol. The minimum absolute atomic E-state index is 0.0552. The van der Waals surface area contributed by atoms with Crippen molar-refractivity contribution in [2.24, 2.45) is 0 Å². The summed E-state index contributed by atoms with van der Waals surface area (Å²) in [5.74, 6) is -0.726. The van der Waals surface area contributed by atoms with Crippen LogP contribution in [0, 0.1) is 11.3 Å². The van der Waals surface area contributed by atoms with Crippen molar-refractivity contribution in [1.82, 2.24) is 0 Å². The number of esters is 1. The van der Waals surface area contributed by atoms with Crippen LogP contribution >= 0.6 is 23.2 Å². The van der Waals surface area contributed by atoms with Gasteiger partial charge in [-0.1, -0.05) is 23.2 Å². The number of nitrogen functional groups attached to an aromatic ring is 1. The largest absolute Gasteiger partial charge is 0.444 e. The van der Waals surface area contributed by atoms with E-state index in [0.717, 1.165) is 0 Å². The van der Waals surface area contributed by atoms with E-state index in [1.54, 1.807) is 6.07 Å². The first-order valence-corrected chi connectivity index (χ1v) is 5.06. The Morgan fingerprint density at radius 2 is 2.19 bits per heavy atom. The highest BCUT2D eigenvalue weighted by molar-refractivity contribution is 6.37. The van der Waals surface area contributed by atoms with E-state index < -0.39 is 12.1 Å². The van der Waals surface area contributed by atoms with E-state index in [9.17, 15) is 4.79 Å². The molecular weight excluding hydrogens is 251 g/mol. The van der Waals surface area contributed by atoms with Crippen molar-refractivity contribution in [3.05, 3.63) is 27.7 Å². The minimum atomic E-state index is -0.857. The van der Waals surface area contributed by atoms with E-state index in [2.05, 4.69) is 0 Å². The van der Waals surface area contributed by atoms with Gasteiger partial charge in [0.15, 0.2) is 6.10 Å². The first-order valence-electron chi connectivity index (χ1n) is 4.30. The van der Waals surface area contributed by atoms with Crippen molar-refractivity contribution in [2.45, 2.75) is 13.0 Å². The van der Waals surface area contributed by atoms with Gasteiger partial charge in [-0.3, -0.25) is 0 Å². The second kappa shape index (κ2) is 5.06. The summed E-state index contributed by atoms with van der Waals surface area (Å²) in [7, 11) is 0. The van der Waals surface area contributed by atoms with Gasteiger partial charge < -0.3 is 10.5 Å². The summed E-state index contributed by atoms with van der Waals surface area (Å²) in [5.41, 5.74) is 5.73. The molecule has 0 bridgehead atoms. The number of anilines is 1. The summed E-state index contributed by atoms with van der Waals surface area (Å²) >= 11 is 11.5. The average Bonchev–Trinajstić information content (AvgIpc) is 2.22. The molecular formula is C10H8Cl2N2O2. The summed E-state index contributed by atoms with van der Waals surface area (Å²) in [6.07, 6.45) is -0.857. The number of nitrogens with two attached hydrogens (primary N) is 1. The second-order valence-corrected chi connectivity index (χ2v) is 3.87. The Labute approximate surface area is 103 Å². The quantitative estimate of drug-likeness (QED) is 0.654. The van der Waals surface area contributed by atoms with E-state index in [4.69, 9.17) is 38.9 Å². The third-order valence-corrected chi connectivity index (χ3v) is 2.31. The number of nitrogens with zero attached hydrogens (tertiary/aromatic N) is 1. The zero-order valence-electron chi connectivity index (χ0n) is 8.33. The van der Waals surface area contributed by atoms with E-state index in [1.165, 1.54) is 19.1 Å². The first kappa shape index (κ1) is 12.6. The van der Waals surface area contributed by atoms with Crippen molar-refractivity contribution < 1.29 is 9.53 Å². The molecule has 0 amide bonds. The highest BCUT2D eigenvalue weighted by Crippen LogP contribution is 2.28. The number of halogens is 2. The standard InChI is InChI=1S/C10H8Cl2N2O2/c1-5(4-13)16-10(15)7-2-6(11)3-8(12)9(7)14/h2-3,5H,14H2,1H3. The van der Waals surface area contributed by atoms with Crippen LogP contribution in [-0.2, 0) is 4.74 Å². The molecule has 1 atom stereocenters. The molecule has 1 unspecified atom stereocenters. The summed E-state index contributed by atoms with van der Waals surface area (Å²) in [5, 5.41) is 8.94. The van der Waals surface area contributed by atoms with Crippen molar-refractivity contribution in [3.63, 3.8) is 0 Å². The maximum absolute atomic E-state index is 11.6. The number of carbonyl (C=O) groups excluding carboxylic acids is 1. The van der Waals surface area contributed by atoms with Crippen LogP contribution in [0.3, 0.4) is 0 Å². The number of ether oxygens (including phenoxy) is 1. The Kier molecular flexibility index (Phi) is 3.99. The van der Waals surface area contributed by atoms with Crippen LogP contribution in [0.15, 0.2) is 12.1 Å². The monoisotopic (exact) mass is 258 g/mol. The van der Waals surface area contributed by atoms with Gasteiger partial charge >= 0.3 is 5.97 Å². The summed E-state index contributed by atoms with van der Waals surface area (Å²) in [6.45, 7) is 1.44. The van der Waals surface area contributed by atoms with Crippen molar-refractivity contribution in [2.75, 3.05) is 5.73 Å². The van der Waals surface area contributed by atoms with E-state index in [0.29, 0.717) is 0 Å². The lowest BCUT2D eigenvalue weighted by molar-refractivity contribution is 0.0437. The fourth-order valence-electron chi connectivity index (χ4n) is 1.00. The Morgan fingerprint density at radius 3 is 2.75 bits per heavy atom. The lowest BCUT2D eigenvalue weighted by Crippen LogP contribution is -2.14. The van der Waals surface area contributed by atoms with Crippen molar-refractivity contribution >= 4 is 34.9 Å². The van der Waals surface area contributed by atoms with E-state index in [-0.39, 0.29) is 21.3 Å². The number of benzene rings is 1. The van der Waals surface area contributed by atoms with Crippen LogP contribution in [0.25, 0.3) is 0 Å². The van der Waals surface area contributed by atoms with Crippen LogP contribution in [0.5, 0.6) is 0 Å². The third-order valence-electron chi connectivity index (χ3n) is 1.78. The zero-order valence-corrected chi connectivity index (χ0v) is 9.84. The molecule has 0 aliphatic rings. The minimum Gasteiger partial charge on any atom is -0.444 e. The molecule has 1 aromatic carbocycles. The Hall–Kier alpha value is -1.44. The molecule has 0 fully saturated rings. The molecule has 0 saturated heterocycles. The van der Waals surface area contributed by atoms with Gasteiger partial charge in [-0.2, -0.15) is 5.26 Å². The van der Waals surface area contributed by atoms with Crippen LogP contribution in [0.1, 0.15) is 17.3 Å². The van der Waals surface area contributed by atoms with Gasteiger partial charge in [0, 0.05) is 5.02 Å². The molecule has 1 aromatic rings. The fourth-order valence-corrected chi connectivity index (χ4v) is 1.50. The normalized spacial score (nSPS) is 11.6. The van der Waals surface area contributed by atoms with Gasteiger partial charge in [0.2, 0.25) is 0 Å². The lowest BCUT2D eigenvalue weighted by atomic mass is 10.2. The zero-order chi connectivity index (χ0) is 12.3. The van der Waals surface area contributed by atoms with Gasteiger partial charge in [-0.25, -0.2) is 4.79 Å². The maximum atomic E-state index is 11.6. The third kappa shape index (κ3) is 2.78. The van der Waals surface area contributed by atoms with Crippen molar-refractivity contribution in [3.8, 4) is 6.07 Å². The molecule has 0 radical (unpaired) electrons. The summed E-state index contributed by atoms with van der Waals surface area (Å²) < 4.78 is 4.78. The maximum Gasteiger partial charge on any atom is 0.341 e. The topological polar surface area (TPSA) is 76.1 Å². The molecule has 2 N–H and O–H groups in total. The van der Waals surface area contributed by atoms with Gasteiger partial charge in [0.1, 0.15) is 6.07 Å². The van der Waals surface area contributed by atoms with Crippen LogP contribution in [-0.4, -0.2) is 12.1 Å². The average molecular weight is 259 g/mol. The first-order chi connectivity index (χ1) is 7.45. The molecule has 84 valence electrons. The van der Waals surface area contributed by atoms with Crippen LogP contribution in [0.4, 0.5) is 5.69 Å².